The van der Waals surface area contributed by atoms with Gasteiger partial charge in [-0.1, -0.05) is 18.7 Å². The highest BCUT2D eigenvalue weighted by Gasteiger charge is 2.23. The number of esters is 1. The topological polar surface area (TPSA) is 197 Å². The third-order valence-electron chi connectivity index (χ3n) is 3.25. The van der Waals surface area contributed by atoms with Crippen molar-refractivity contribution in [1.29, 1.82) is 0 Å². The van der Waals surface area contributed by atoms with Gasteiger partial charge in [0.1, 0.15) is 24.5 Å². The average Bonchev–Trinajstić information content (AvgIpc) is 3.51. The lowest BCUT2D eigenvalue weighted by Crippen LogP contribution is -2.32. The lowest BCUT2D eigenvalue weighted by Gasteiger charge is -2.05. The van der Waals surface area contributed by atoms with Crippen molar-refractivity contribution in [1.82, 2.24) is 0 Å². The van der Waals surface area contributed by atoms with E-state index in [9.17, 15) is 18.0 Å². The number of nitrogens with two attached hydrogens (primary N) is 1. The van der Waals surface area contributed by atoms with E-state index in [1.54, 1.807) is 12.1 Å². The summed E-state index contributed by atoms with van der Waals surface area (Å²) in [4.78, 5) is 20.7. The first-order valence-corrected chi connectivity index (χ1v) is 10.3. The second-order valence-electron chi connectivity index (χ2n) is 5.97. The first-order chi connectivity index (χ1) is 14.0. The van der Waals surface area contributed by atoms with E-state index in [2.05, 4.69) is 11.3 Å². The molecular weight excluding hydrogens is 422 g/mol. The number of carbonyl (C=O) groups excluding carboxylic acids is 1. The minimum Gasteiger partial charge on any atom is -0.508 e. The number of phenols is 1. The minimum atomic E-state index is -3.85. The first kappa shape index (κ1) is 27.5. The van der Waals surface area contributed by atoms with Crippen LogP contribution in [0.15, 0.2) is 36.9 Å². The summed E-state index contributed by atoms with van der Waals surface area (Å²) in [6, 6.07) is 5.42. The van der Waals surface area contributed by atoms with Crippen LogP contribution in [0.5, 0.6) is 5.75 Å². The second kappa shape index (κ2) is 14.5. The molecule has 2 unspecified atom stereocenters. The van der Waals surface area contributed by atoms with Crippen LogP contribution in [0.25, 0.3) is 0 Å². The maximum absolute atomic E-state index is 10.4. The minimum absolute atomic E-state index is 0.0961. The molecule has 0 aliphatic carbocycles. The molecule has 1 aromatic rings. The van der Waals surface area contributed by atoms with Crippen LogP contribution in [0.1, 0.15) is 12.0 Å². The lowest BCUT2D eigenvalue weighted by molar-refractivity contribution is -0.139. The number of hydrogen-bond donors (Lipinski definition) is 5. The van der Waals surface area contributed by atoms with E-state index in [-0.39, 0.29) is 43.0 Å². The van der Waals surface area contributed by atoms with E-state index in [1.165, 1.54) is 12.1 Å². The normalized spacial score (nSPS) is 15.4. The number of aliphatic hydroxyl groups is 1. The van der Waals surface area contributed by atoms with Crippen LogP contribution in [0.4, 0.5) is 0 Å². The standard InChI is InChI=1S/C9H11NO3.C6H8O3.C3H8O4S/c10-8(9(12)13)5-6-1-3-7(11)4-2-6;1-2-6(7)9-4-5-3-8-5;4-2-1-3-8(5,6)7/h1-4,8,11H,5,10H2,(H,12,13);2,5H,1,3-4H2;4H,1-3H2,(H,5,6,7). The van der Waals surface area contributed by atoms with Gasteiger partial charge in [-0.15, -0.1) is 0 Å². The fourth-order valence-electron chi connectivity index (χ4n) is 1.62. The number of aromatic hydroxyl groups is 1. The van der Waals surface area contributed by atoms with Crippen molar-refractivity contribution in [3.05, 3.63) is 42.5 Å². The zero-order valence-electron chi connectivity index (χ0n) is 16.2. The second-order valence-corrected chi connectivity index (χ2v) is 7.54. The third-order valence-corrected chi connectivity index (χ3v) is 4.05. The molecule has 1 aliphatic rings. The van der Waals surface area contributed by atoms with Gasteiger partial charge in [-0.25, -0.2) is 4.79 Å². The van der Waals surface area contributed by atoms with Crippen molar-refractivity contribution in [2.45, 2.75) is 25.0 Å². The number of aliphatic hydroxyl groups excluding tert-OH is 1. The Balaban J connectivity index is 0.000000438. The number of aliphatic carboxylic acids is 1. The molecule has 170 valence electrons. The highest BCUT2D eigenvalue weighted by molar-refractivity contribution is 7.85. The number of hydrogen-bond acceptors (Lipinski definition) is 9. The van der Waals surface area contributed by atoms with Crippen molar-refractivity contribution < 1.29 is 47.4 Å². The molecular formula is C18H27NO10S. The quantitative estimate of drug-likeness (QED) is 0.144. The van der Waals surface area contributed by atoms with Gasteiger partial charge in [0.25, 0.3) is 10.1 Å². The van der Waals surface area contributed by atoms with Gasteiger partial charge in [0.2, 0.25) is 0 Å². The van der Waals surface area contributed by atoms with E-state index in [4.69, 9.17) is 30.3 Å². The summed E-state index contributed by atoms with van der Waals surface area (Å²) in [7, 11) is -3.85. The van der Waals surface area contributed by atoms with Gasteiger partial charge in [0.05, 0.1) is 12.4 Å². The number of carboxylic acids is 1. The Bertz CT molecular complexity index is 760. The predicted molar refractivity (Wildman–Crippen MR) is 106 cm³/mol. The molecule has 12 heteroatoms. The molecule has 0 amide bonds. The molecule has 1 aromatic carbocycles. The smallest absolute Gasteiger partial charge is 0.330 e. The Hall–Kier alpha value is -2.51. The van der Waals surface area contributed by atoms with E-state index in [0.29, 0.717) is 13.2 Å². The highest BCUT2D eigenvalue weighted by Crippen LogP contribution is 2.10. The molecule has 1 heterocycles. The summed E-state index contributed by atoms with van der Waals surface area (Å²) in [6.07, 6.45) is 1.66. The number of ether oxygens (including phenoxy) is 2. The Morgan fingerprint density at radius 1 is 1.33 bits per heavy atom. The SMILES string of the molecule is C=CC(=O)OCC1CO1.NC(Cc1ccc(O)cc1)C(=O)O.O=S(=O)(O)CCCO. The Morgan fingerprint density at radius 3 is 2.27 bits per heavy atom. The van der Waals surface area contributed by atoms with Crippen LogP contribution >= 0.6 is 0 Å². The summed E-state index contributed by atoms with van der Waals surface area (Å²) in [5, 5.41) is 25.5. The fourth-order valence-corrected chi connectivity index (χ4v) is 2.11. The van der Waals surface area contributed by atoms with Crippen LogP contribution in [-0.4, -0.2) is 77.9 Å². The monoisotopic (exact) mass is 449 g/mol. The van der Waals surface area contributed by atoms with Crippen molar-refractivity contribution >= 4 is 22.1 Å². The maximum atomic E-state index is 10.4. The molecule has 0 bridgehead atoms. The molecule has 1 fully saturated rings. The summed E-state index contributed by atoms with van der Waals surface area (Å²) < 4.78 is 37.1. The molecule has 11 nitrogen and oxygen atoms in total. The fraction of sp³-hybridized carbons (Fsp3) is 0.444. The van der Waals surface area contributed by atoms with Crippen LogP contribution in [0.3, 0.4) is 0 Å². The molecule has 0 spiro atoms. The van der Waals surface area contributed by atoms with Crippen LogP contribution in [0, 0.1) is 0 Å². The highest BCUT2D eigenvalue weighted by atomic mass is 32.2. The lowest BCUT2D eigenvalue weighted by atomic mass is 10.1. The van der Waals surface area contributed by atoms with Crippen molar-refractivity contribution in [3.63, 3.8) is 0 Å². The third kappa shape index (κ3) is 16.4. The summed E-state index contributed by atoms with van der Waals surface area (Å²) in [5.41, 5.74) is 6.12. The van der Waals surface area contributed by atoms with Crippen LogP contribution in [0.2, 0.25) is 0 Å². The van der Waals surface area contributed by atoms with Crippen molar-refractivity contribution in [3.8, 4) is 5.75 Å². The molecule has 2 atom stereocenters. The zero-order valence-corrected chi connectivity index (χ0v) is 17.0. The number of rotatable bonds is 9. The molecule has 2 rings (SSSR count). The number of carboxylic acid groups (broad SMARTS) is 1. The molecule has 1 aliphatic heterocycles. The molecule has 6 N–H and O–H groups in total. The summed E-state index contributed by atoms with van der Waals surface area (Å²) in [5.74, 6) is -1.60. The number of benzene rings is 1. The Labute approximate surface area is 174 Å². The number of carbonyl (C=O) groups is 2. The van der Waals surface area contributed by atoms with Gasteiger partial charge in [0, 0.05) is 12.7 Å². The Morgan fingerprint density at radius 2 is 1.90 bits per heavy atom. The van der Waals surface area contributed by atoms with Crippen molar-refractivity contribution in [2.75, 3.05) is 25.6 Å². The zero-order chi connectivity index (χ0) is 23.2. The summed E-state index contributed by atoms with van der Waals surface area (Å²) >= 11 is 0. The van der Waals surface area contributed by atoms with Gasteiger partial charge in [-0.05, 0) is 30.5 Å². The average molecular weight is 449 g/mol. The largest absolute Gasteiger partial charge is 0.508 e. The summed E-state index contributed by atoms with van der Waals surface area (Å²) in [6.45, 7) is 4.11. The van der Waals surface area contributed by atoms with Crippen LogP contribution in [-0.2, 0) is 35.6 Å². The van der Waals surface area contributed by atoms with Gasteiger partial charge in [0.15, 0.2) is 0 Å². The first-order valence-electron chi connectivity index (χ1n) is 8.71. The molecule has 1 saturated heterocycles. The van der Waals surface area contributed by atoms with Crippen LogP contribution < -0.4 is 5.73 Å². The number of phenolic OH excluding ortho intramolecular Hbond substituents is 1. The molecule has 30 heavy (non-hydrogen) atoms. The molecule has 0 radical (unpaired) electrons. The Kier molecular flexibility index (Phi) is 13.3. The molecule has 0 saturated carbocycles. The van der Waals surface area contributed by atoms with Crippen molar-refractivity contribution in [2.24, 2.45) is 5.73 Å². The van der Waals surface area contributed by atoms with E-state index in [1.807, 2.05) is 0 Å². The van der Waals surface area contributed by atoms with Gasteiger partial charge < -0.3 is 30.5 Å². The predicted octanol–water partition coefficient (Wildman–Crippen LogP) is -0.282. The number of epoxide rings is 1. The van der Waals surface area contributed by atoms with E-state index < -0.39 is 22.1 Å². The molecule has 0 aromatic heterocycles. The van der Waals surface area contributed by atoms with Gasteiger partial charge in [-0.3, -0.25) is 9.35 Å². The maximum Gasteiger partial charge on any atom is 0.330 e. The van der Waals surface area contributed by atoms with E-state index in [0.717, 1.165) is 11.6 Å². The van der Waals surface area contributed by atoms with E-state index >= 15 is 0 Å². The van der Waals surface area contributed by atoms with Gasteiger partial charge in [-0.2, -0.15) is 8.42 Å². The van der Waals surface area contributed by atoms with Gasteiger partial charge >= 0.3 is 11.9 Å².